The van der Waals surface area contributed by atoms with E-state index in [2.05, 4.69) is 9.97 Å². The monoisotopic (exact) mass is 232 g/mol. The summed E-state index contributed by atoms with van der Waals surface area (Å²) in [7, 11) is 0. The molecule has 2 rings (SSSR count). The first-order chi connectivity index (χ1) is 6.20. The number of thiophene rings is 1. The van der Waals surface area contributed by atoms with Crippen molar-refractivity contribution in [1.82, 2.24) is 9.97 Å². The molecule has 13 heavy (non-hydrogen) atoms. The quantitative estimate of drug-likeness (QED) is 0.703. The lowest BCUT2D eigenvalue weighted by Crippen LogP contribution is -1.90. The second-order valence-electron chi connectivity index (χ2n) is 2.56. The summed E-state index contributed by atoms with van der Waals surface area (Å²) in [4.78, 5) is 8.22. The molecule has 5 heteroatoms. The van der Waals surface area contributed by atoms with Crippen molar-refractivity contribution in [2.75, 3.05) is 0 Å². The maximum atomic E-state index is 5.87. The zero-order chi connectivity index (χ0) is 9.42. The van der Waals surface area contributed by atoms with Crippen LogP contribution < -0.4 is 0 Å². The summed E-state index contributed by atoms with van der Waals surface area (Å²) >= 11 is 13.1. The zero-order valence-corrected chi connectivity index (χ0v) is 9.17. The third kappa shape index (κ3) is 1.64. The van der Waals surface area contributed by atoms with Crippen molar-refractivity contribution < 1.29 is 0 Å². The van der Waals surface area contributed by atoms with E-state index >= 15 is 0 Å². The molecular weight excluding hydrogens is 227 g/mol. The van der Waals surface area contributed by atoms with Crippen LogP contribution in [0.1, 0.15) is 12.6 Å². The molecule has 0 aliphatic carbocycles. The zero-order valence-electron chi connectivity index (χ0n) is 6.84. The van der Waals surface area contributed by atoms with Crippen LogP contribution >= 0.6 is 34.5 Å². The summed E-state index contributed by atoms with van der Waals surface area (Å²) in [5.41, 5.74) is 1.80. The van der Waals surface area contributed by atoms with Crippen LogP contribution in [0.2, 0.25) is 9.62 Å². The molecule has 2 nitrogen and oxygen atoms in total. The minimum Gasteiger partial charge on any atom is -0.222 e. The fraction of sp³-hybridized carbons (Fsp3) is 0.250. The van der Waals surface area contributed by atoms with E-state index in [-0.39, 0.29) is 0 Å². The van der Waals surface area contributed by atoms with Gasteiger partial charge in [-0.15, -0.1) is 11.3 Å². The van der Waals surface area contributed by atoms with Gasteiger partial charge in [-0.2, -0.15) is 0 Å². The van der Waals surface area contributed by atoms with E-state index in [1.165, 1.54) is 11.3 Å². The number of rotatable bonds is 1. The molecule has 68 valence electrons. The van der Waals surface area contributed by atoms with Gasteiger partial charge in [0.05, 0.1) is 20.2 Å². The summed E-state index contributed by atoms with van der Waals surface area (Å²) < 4.78 is 1.76. The fourth-order valence-corrected chi connectivity index (χ4v) is 2.58. The van der Waals surface area contributed by atoms with Crippen LogP contribution in [-0.2, 0) is 6.42 Å². The third-order valence-corrected chi connectivity index (χ3v) is 3.19. The standard InChI is InChI=1S/C8H6Cl2N2S/c1-2-4-7-5(3-6(9)13-7)12-8(10)11-4/h3H,2H2,1H3. The van der Waals surface area contributed by atoms with Gasteiger partial charge in [-0.3, -0.25) is 0 Å². The number of hydrogen-bond donors (Lipinski definition) is 0. The van der Waals surface area contributed by atoms with Gasteiger partial charge in [-0.05, 0) is 24.1 Å². The average Bonchev–Trinajstić information content (AvgIpc) is 2.43. The molecule has 0 aliphatic heterocycles. The van der Waals surface area contributed by atoms with Gasteiger partial charge in [0.15, 0.2) is 0 Å². The second kappa shape index (κ2) is 3.40. The molecule has 0 aliphatic rings. The van der Waals surface area contributed by atoms with E-state index < -0.39 is 0 Å². The number of aryl methyl sites for hydroxylation is 1. The predicted octanol–water partition coefficient (Wildman–Crippen LogP) is 3.56. The SMILES string of the molecule is CCc1nc(Cl)nc2cc(Cl)sc12. The van der Waals surface area contributed by atoms with Gasteiger partial charge in [0.2, 0.25) is 5.28 Å². The van der Waals surface area contributed by atoms with Crippen molar-refractivity contribution >= 4 is 44.8 Å². The molecule has 0 unspecified atom stereocenters. The van der Waals surface area contributed by atoms with E-state index in [0.717, 1.165) is 26.7 Å². The Bertz CT molecular complexity index is 453. The largest absolute Gasteiger partial charge is 0.223 e. The van der Waals surface area contributed by atoms with Crippen molar-refractivity contribution in [1.29, 1.82) is 0 Å². The molecule has 0 aromatic carbocycles. The highest BCUT2D eigenvalue weighted by molar-refractivity contribution is 7.22. The summed E-state index contributed by atoms with van der Waals surface area (Å²) in [5, 5.41) is 0.291. The van der Waals surface area contributed by atoms with Crippen LogP contribution in [0, 0.1) is 0 Å². The maximum Gasteiger partial charge on any atom is 0.223 e. The Morgan fingerprint density at radius 1 is 1.38 bits per heavy atom. The van der Waals surface area contributed by atoms with Crippen molar-refractivity contribution in [2.45, 2.75) is 13.3 Å². The van der Waals surface area contributed by atoms with Gasteiger partial charge < -0.3 is 0 Å². The molecule has 0 spiro atoms. The molecule has 0 fully saturated rings. The van der Waals surface area contributed by atoms with E-state index in [4.69, 9.17) is 23.2 Å². The molecule has 0 N–H and O–H groups in total. The van der Waals surface area contributed by atoms with E-state index in [1.54, 1.807) is 0 Å². The van der Waals surface area contributed by atoms with Gasteiger partial charge in [0, 0.05) is 0 Å². The van der Waals surface area contributed by atoms with Gasteiger partial charge >= 0.3 is 0 Å². The van der Waals surface area contributed by atoms with E-state index in [9.17, 15) is 0 Å². The number of aromatic nitrogens is 2. The molecule has 0 saturated carbocycles. The van der Waals surface area contributed by atoms with Crippen LogP contribution in [0.15, 0.2) is 6.07 Å². The maximum absolute atomic E-state index is 5.87. The predicted molar refractivity (Wildman–Crippen MR) is 56.8 cm³/mol. The van der Waals surface area contributed by atoms with Crippen molar-refractivity contribution in [3.05, 3.63) is 21.4 Å². The van der Waals surface area contributed by atoms with Crippen molar-refractivity contribution in [3.63, 3.8) is 0 Å². The Kier molecular flexibility index (Phi) is 2.41. The Balaban J connectivity index is 2.80. The fourth-order valence-electron chi connectivity index (χ4n) is 1.17. The number of nitrogens with zero attached hydrogens (tertiary/aromatic N) is 2. The molecule has 2 aromatic rings. The van der Waals surface area contributed by atoms with Crippen molar-refractivity contribution in [2.24, 2.45) is 0 Å². The van der Waals surface area contributed by atoms with Crippen LogP contribution in [0.25, 0.3) is 10.2 Å². The average molecular weight is 233 g/mol. The van der Waals surface area contributed by atoms with Gasteiger partial charge in [0.1, 0.15) is 0 Å². The summed E-state index contributed by atoms with van der Waals surface area (Å²) in [6.07, 6.45) is 0.843. The lowest BCUT2D eigenvalue weighted by atomic mass is 10.3. The Morgan fingerprint density at radius 2 is 2.15 bits per heavy atom. The highest BCUT2D eigenvalue weighted by Gasteiger charge is 2.08. The molecule has 2 heterocycles. The second-order valence-corrected chi connectivity index (χ2v) is 4.58. The molecule has 0 amide bonds. The Hall–Kier alpha value is -0.380. The lowest BCUT2D eigenvalue weighted by molar-refractivity contribution is 1.04. The number of halogens is 2. The first kappa shape index (κ1) is 9.19. The lowest BCUT2D eigenvalue weighted by Gasteiger charge is -1.97. The topological polar surface area (TPSA) is 25.8 Å². The normalized spacial score (nSPS) is 11.0. The Morgan fingerprint density at radius 3 is 2.85 bits per heavy atom. The van der Waals surface area contributed by atoms with Gasteiger partial charge in [-0.25, -0.2) is 9.97 Å². The first-order valence-electron chi connectivity index (χ1n) is 3.82. The van der Waals surface area contributed by atoms with E-state index in [0.29, 0.717) is 5.28 Å². The first-order valence-corrected chi connectivity index (χ1v) is 5.39. The highest BCUT2D eigenvalue weighted by atomic mass is 35.5. The smallest absolute Gasteiger partial charge is 0.222 e. The van der Waals surface area contributed by atoms with Crippen LogP contribution in [0.3, 0.4) is 0 Å². The van der Waals surface area contributed by atoms with Gasteiger partial charge in [0.25, 0.3) is 0 Å². The molecule has 2 aromatic heterocycles. The molecular formula is C8H6Cl2N2S. The molecule has 0 bridgehead atoms. The minimum absolute atomic E-state index is 0.291. The van der Waals surface area contributed by atoms with Crippen molar-refractivity contribution in [3.8, 4) is 0 Å². The Labute approximate surface area is 89.5 Å². The van der Waals surface area contributed by atoms with Gasteiger partial charge in [-0.1, -0.05) is 18.5 Å². The van der Waals surface area contributed by atoms with E-state index in [1.807, 2.05) is 13.0 Å². The molecule has 0 radical (unpaired) electrons. The molecule has 0 atom stereocenters. The van der Waals surface area contributed by atoms with Crippen LogP contribution in [0.5, 0.6) is 0 Å². The number of hydrogen-bond acceptors (Lipinski definition) is 3. The highest BCUT2D eigenvalue weighted by Crippen LogP contribution is 2.30. The summed E-state index contributed by atoms with van der Waals surface area (Å²) in [6, 6.07) is 1.81. The summed E-state index contributed by atoms with van der Waals surface area (Å²) in [6.45, 7) is 2.03. The number of fused-ring (bicyclic) bond motifs is 1. The molecule has 0 saturated heterocycles. The summed E-state index contributed by atoms with van der Waals surface area (Å²) in [5.74, 6) is 0. The van der Waals surface area contributed by atoms with Crippen LogP contribution in [0.4, 0.5) is 0 Å². The van der Waals surface area contributed by atoms with Crippen LogP contribution in [-0.4, -0.2) is 9.97 Å². The minimum atomic E-state index is 0.291. The third-order valence-electron chi connectivity index (χ3n) is 1.72.